The Balaban J connectivity index is 2.11. The second-order valence-electron chi connectivity index (χ2n) is 4.88. The molecule has 1 unspecified atom stereocenters. The summed E-state index contributed by atoms with van der Waals surface area (Å²) in [7, 11) is 1.39. The zero-order valence-electron chi connectivity index (χ0n) is 11.3. The molecule has 0 amide bonds. The Morgan fingerprint density at radius 3 is 2.65 bits per heavy atom. The van der Waals surface area contributed by atoms with Crippen LogP contribution in [0.3, 0.4) is 0 Å². The molecular weight excluding hydrogens is 268 g/mol. The number of alkyl halides is 2. The minimum absolute atomic E-state index is 0.0216. The molecule has 0 aromatic heterocycles. The number of ether oxygens (including phenoxy) is 2. The van der Waals surface area contributed by atoms with Crippen LogP contribution in [0.5, 0.6) is 11.5 Å². The lowest BCUT2D eigenvalue weighted by Gasteiger charge is -2.18. The molecular formula is C14H19F2NO3. The number of aliphatic hydroxyl groups is 1. The monoisotopic (exact) mass is 287 g/mol. The molecule has 1 aliphatic carbocycles. The Morgan fingerprint density at radius 1 is 1.35 bits per heavy atom. The summed E-state index contributed by atoms with van der Waals surface area (Å²) in [5, 5.41) is 12.7. The lowest BCUT2D eigenvalue weighted by molar-refractivity contribution is -0.0512. The van der Waals surface area contributed by atoms with Crippen LogP contribution in [0, 0.1) is 5.92 Å². The molecule has 0 radical (unpaired) electrons. The van der Waals surface area contributed by atoms with Gasteiger partial charge in [0, 0.05) is 0 Å². The van der Waals surface area contributed by atoms with E-state index in [0.29, 0.717) is 11.5 Å². The number of benzene rings is 1. The Morgan fingerprint density at radius 2 is 2.10 bits per heavy atom. The average Bonchev–Trinajstić information content (AvgIpc) is 3.23. The molecule has 2 N–H and O–H groups in total. The van der Waals surface area contributed by atoms with Gasteiger partial charge in [0.05, 0.1) is 19.8 Å². The van der Waals surface area contributed by atoms with Gasteiger partial charge in [-0.05, 0) is 43.0 Å². The summed E-state index contributed by atoms with van der Waals surface area (Å²) in [6.45, 7) is -2.19. The Kier molecular flexibility index (Phi) is 5.14. The first-order valence-corrected chi connectivity index (χ1v) is 6.61. The minimum atomic E-state index is -2.91. The lowest BCUT2D eigenvalue weighted by atomic mass is 10.1. The summed E-state index contributed by atoms with van der Waals surface area (Å²) in [4.78, 5) is 0. The summed E-state index contributed by atoms with van der Waals surface area (Å²) < 4.78 is 34.2. The predicted molar refractivity (Wildman–Crippen MR) is 70.2 cm³/mol. The molecule has 0 spiro atoms. The molecule has 0 saturated heterocycles. The van der Waals surface area contributed by atoms with Gasteiger partial charge in [-0.1, -0.05) is 6.07 Å². The second-order valence-corrected chi connectivity index (χ2v) is 4.88. The summed E-state index contributed by atoms with van der Waals surface area (Å²) >= 11 is 0. The molecule has 112 valence electrons. The fourth-order valence-corrected chi connectivity index (χ4v) is 2.02. The van der Waals surface area contributed by atoms with Crippen molar-refractivity contribution in [2.75, 3.05) is 20.3 Å². The van der Waals surface area contributed by atoms with E-state index in [1.807, 2.05) is 0 Å². The van der Waals surface area contributed by atoms with Gasteiger partial charge in [0.1, 0.15) is 0 Å². The smallest absolute Gasteiger partial charge is 0.387 e. The zero-order chi connectivity index (χ0) is 14.5. The fraction of sp³-hybridized carbons (Fsp3) is 0.571. The third kappa shape index (κ3) is 4.05. The highest BCUT2D eigenvalue weighted by atomic mass is 19.3. The van der Waals surface area contributed by atoms with Crippen molar-refractivity contribution in [1.82, 2.24) is 5.32 Å². The number of rotatable bonds is 8. The molecule has 1 aromatic carbocycles. The zero-order valence-corrected chi connectivity index (χ0v) is 11.3. The lowest BCUT2D eigenvalue weighted by Crippen LogP contribution is -2.26. The molecule has 1 fully saturated rings. The minimum Gasteiger partial charge on any atom is -0.493 e. The number of hydrogen-bond donors (Lipinski definition) is 2. The van der Waals surface area contributed by atoms with Crippen LogP contribution in [0.4, 0.5) is 8.78 Å². The van der Waals surface area contributed by atoms with E-state index in [4.69, 9.17) is 4.74 Å². The van der Waals surface area contributed by atoms with Crippen molar-refractivity contribution < 1.29 is 23.4 Å². The normalized spacial score (nSPS) is 16.2. The molecule has 4 nitrogen and oxygen atoms in total. The quantitative estimate of drug-likeness (QED) is 0.770. The van der Waals surface area contributed by atoms with Crippen LogP contribution in [0.2, 0.25) is 0 Å². The summed E-state index contributed by atoms with van der Waals surface area (Å²) in [6.07, 6.45) is 2.40. The maximum Gasteiger partial charge on any atom is 0.387 e. The highest BCUT2D eigenvalue weighted by molar-refractivity contribution is 5.44. The Hall–Kier alpha value is -1.40. The molecule has 1 atom stereocenters. The van der Waals surface area contributed by atoms with Gasteiger partial charge in [0.15, 0.2) is 11.5 Å². The van der Waals surface area contributed by atoms with E-state index in [1.165, 1.54) is 26.0 Å². The largest absolute Gasteiger partial charge is 0.493 e. The fourth-order valence-electron chi connectivity index (χ4n) is 2.02. The van der Waals surface area contributed by atoms with Crippen molar-refractivity contribution in [2.24, 2.45) is 5.92 Å². The van der Waals surface area contributed by atoms with E-state index in [-0.39, 0.29) is 24.1 Å². The van der Waals surface area contributed by atoms with E-state index in [9.17, 15) is 13.9 Å². The van der Waals surface area contributed by atoms with Gasteiger partial charge in [-0.3, -0.25) is 0 Å². The van der Waals surface area contributed by atoms with E-state index < -0.39 is 6.61 Å². The first-order valence-electron chi connectivity index (χ1n) is 6.61. The second kappa shape index (κ2) is 6.85. The first kappa shape index (κ1) is 15.0. The van der Waals surface area contributed by atoms with Crippen molar-refractivity contribution in [1.29, 1.82) is 0 Å². The molecule has 20 heavy (non-hydrogen) atoms. The van der Waals surface area contributed by atoms with Crippen molar-refractivity contribution in [3.05, 3.63) is 23.8 Å². The van der Waals surface area contributed by atoms with Crippen molar-refractivity contribution in [3.63, 3.8) is 0 Å². The molecule has 1 aliphatic rings. The van der Waals surface area contributed by atoms with E-state index >= 15 is 0 Å². The Bertz CT molecular complexity index is 438. The maximum absolute atomic E-state index is 12.4. The highest BCUT2D eigenvalue weighted by Gasteiger charge is 2.23. The molecule has 2 rings (SSSR count). The van der Waals surface area contributed by atoms with Crippen LogP contribution in [-0.4, -0.2) is 32.0 Å². The third-order valence-electron chi connectivity index (χ3n) is 3.34. The molecule has 0 aliphatic heterocycles. The van der Waals surface area contributed by atoms with Gasteiger partial charge in [-0.2, -0.15) is 8.78 Å². The van der Waals surface area contributed by atoms with E-state index in [1.54, 1.807) is 12.1 Å². The number of nitrogens with one attached hydrogen (secondary N) is 1. The van der Waals surface area contributed by atoms with Gasteiger partial charge < -0.3 is 19.9 Å². The van der Waals surface area contributed by atoms with Crippen molar-refractivity contribution in [3.8, 4) is 11.5 Å². The van der Waals surface area contributed by atoms with Crippen LogP contribution in [0.1, 0.15) is 24.4 Å². The van der Waals surface area contributed by atoms with E-state index in [2.05, 4.69) is 10.1 Å². The standard InChI is InChI=1S/C14H19F2NO3/c1-19-12-5-4-10(6-13(12)20-14(15)16)11(8-18)17-7-9-2-3-9/h4-6,9,11,14,17-18H,2-3,7-8H2,1H3. The summed E-state index contributed by atoms with van der Waals surface area (Å²) in [5.74, 6) is 0.888. The number of hydrogen-bond acceptors (Lipinski definition) is 4. The maximum atomic E-state index is 12.4. The number of methoxy groups -OCH3 is 1. The molecule has 0 heterocycles. The number of halogens is 2. The highest BCUT2D eigenvalue weighted by Crippen LogP contribution is 2.32. The van der Waals surface area contributed by atoms with Gasteiger partial charge in [0.25, 0.3) is 0 Å². The van der Waals surface area contributed by atoms with Crippen LogP contribution in [-0.2, 0) is 0 Å². The average molecular weight is 287 g/mol. The summed E-state index contributed by atoms with van der Waals surface area (Å²) in [6, 6.07) is 4.49. The topological polar surface area (TPSA) is 50.7 Å². The molecule has 6 heteroatoms. The summed E-state index contributed by atoms with van der Waals surface area (Å²) in [5.41, 5.74) is 0.699. The van der Waals surface area contributed by atoms with Crippen LogP contribution in [0.25, 0.3) is 0 Å². The number of aliphatic hydroxyl groups excluding tert-OH is 1. The molecule has 1 aromatic rings. The van der Waals surface area contributed by atoms with Gasteiger partial charge in [-0.15, -0.1) is 0 Å². The van der Waals surface area contributed by atoms with Gasteiger partial charge in [0.2, 0.25) is 0 Å². The SMILES string of the molecule is COc1ccc(C(CO)NCC2CC2)cc1OC(F)F. The van der Waals surface area contributed by atoms with Crippen LogP contribution < -0.4 is 14.8 Å². The molecule has 0 bridgehead atoms. The van der Waals surface area contributed by atoms with Gasteiger partial charge >= 0.3 is 6.61 Å². The first-order chi connectivity index (χ1) is 9.63. The van der Waals surface area contributed by atoms with Crippen LogP contribution >= 0.6 is 0 Å². The predicted octanol–water partition coefficient (Wildman–Crippen LogP) is 2.33. The third-order valence-corrected chi connectivity index (χ3v) is 3.34. The van der Waals surface area contributed by atoms with Gasteiger partial charge in [-0.25, -0.2) is 0 Å². The van der Waals surface area contributed by atoms with Crippen LogP contribution in [0.15, 0.2) is 18.2 Å². The molecule has 1 saturated carbocycles. The van der Waals surface area contributed by atoms with Crippen molar-refractivity contribution in [2.45, 2.75) is 25.5 Å². The Labute approximate surface area is 116 Å². The van der Waals surface area contributed by atoms with E-state index in [0.717, 1.165) is 6.54 Å². The van der Waals surface area contributed by atoms with Crippen molar-refractivity contribution >= 4 is 0 Å².